The minimum atomic E-state index is -0.178. The van der Waals surface area contributed by atoms with Crippen molar-refractivity contribution >= 4 is 17.5 Å². The fourth-order valence-corrected chi connectivity index (χ4v) is 1.96. The summed E-state index contributed by atoms with van der Waals surface area (Å²) in [5.41, 5.74) is 1.28. The van der Waals surface area contributed by atoms with Gasteiger partial charge in [-0.2, -0.15) is 0 Å². The molecule has 1 aromatic rings. The summed E-state index contributed by atoms with van der Waals surface area (Å²) in [6.07, 6.45) is 4.54. The molecule has 19 heavy (non-hydrogen) atoms. The van der Waals surface area contributed by atoms with Crippen molar-refractivity contribution in [2.24, 2.45) is 0 Å². The maximum atomic E-state index is 12.2. The predicted octanol–water partition coefficient (Wildman–Crippen LogP) is 0.522. The van der Waals surface area contributed by atoms with Gasteiger partial charge in [-0.25, -0.2) is 0 Å². The first kappa shape index (κ1) is 13.3. The van der Waals surface area contributed by atoms with Crippen molar-refractivity contribution in [3.63, 3.8) is 0 Å². The predicted molar refractivity (Wildman–Crippen MR) is 71.9 cm³/mol. The molecule has 0 aromatic carbocycles. The number of pyridine rings is 1. The summed E-state index contributed by atoms with van der Waals surface area (Å²) < 4.78 is 0. The molecule has 0 bridgehead atoms. The lowest BCUT2D eigenvalue weighted by Crippen LogP contribution is -2.36. The van der Waals surface area contributed by atoms with Crippen LogP contribution in [-0.4, -0.2) is 35.9 Å². The van der Waals surface area contributed by atoms with E-state index in [0.717, 1.165) is 18.7 Å². The number of carbonyl (C=O) groups is 2. The van der Waals surface area contributed by atoms with Gasteiger partial charge in [-0.3, -0.25) is 14.6 Å². The SMILES string of the molecule is CCCNc1cnccc1C(=O)NC1CNC(=O)C1. The quantitative estimate of drug-likeness (QED) is 0.722. The van der Waals surface area contributed by atoms with Gasteiger partial charge in [0.2, 0.25) is 5.91 Å². The van der Waals surface area contributed by atoms with Crippen LogP contribution in [0.5, 0.6) is 0 Å². The highest BCUT2D eigenvalue weighted by Crippen LogP contribution is 2.14. The molecule has 1 aliphatic rings. The van der Waals surface area contributed by atoms with E-state index in [-0.39, 0.29) is 17.9 Å². The van der Waals surface area contributed by atoms with Crippen molar-refractivity contribution in [2.45, 2.75) is 25.8 Å². The van der Waals surface area contributed by atoms with Gasteiger partial charge in [-0.1, -0.05) is 6.92 Å². The number of anilines is 1. The Morgan fingerprint density at radius 2 is 2.42 bits per heavy atom. The van der Waals surface area contributed by atoms with Gasteiger partial charge in [0.1, 0.15) is 0 Å². The normalized spacial score (nSPS) is 17.9. The number of carbonyl (C=O) groups excluding carboxylic acids is 2. The second-order valence-electron chi connectivity index (χ2n) is 4.53. The second-order valence-corrected chi connectivity index (χ2v) is 4.53. The average Bonchev–Trinajstić information content (AvgIpc) is 2.82. The van der Waals surface area contributed by atoms with E-state index in [4.69, 9.17) is 0 Å². The van der Waals surface area contributed by atoms with E-state index in [1.807, 2.05) is 0 Å². The Hall–Kier alpha value is -2.11. The molecular formula is C13H18N4O2. The van der Waals surface area contributed by atoms with E-state index in [1.54, 1.807) is 18.5 Å². The number of aromatic nitrogens is 1. The second kappa shape index (κ2) is 6.17. The van der Waals surface area contributed by atoms with Gasteiger partial charge in [0, 0.05) is 25.7 Å². The van der Waals surface area contributed by atoms with Crippen LogP contribution in [0.15, 0.2) is 18.5 Å². The Bertz CT molecular complexity index is 475. The molecule has 1 unspecified atom stereocenters. The highest BCUT2D eigenvalue weighted by Gasteiger charge is 2.24. The zero-order valence-corrected chi connectivity index (χ0v) is 10.9. The van der Waals surface area contributed by atoms with Gasteiger partial charge >= 0.3 is 0 Å². The van der Waals surface area contributed by atoms with Crippen LogP contribution in [0.3, 0.4) is 0 Å². The lowest BCUT2D eigenvalue weighted by atomic mass is 10.2. The number of hydrogen-bond donors (Lipinski definition) is 3. The van der Waals surface area contributed by atoms with Crippen LogP contribution in [0.4, 0.5) is 5.69 Å². The smallest absolute Gasteiger partial charge is 0.253 e. The van der Waals surface area contributed by atoms with Crippen molar-refractivity contribution in [2.75, 3.05) is 18.4 Å². The van der Waals surface area contributed by atoms with Crippen molar-refractivity contribution in [1.29, 1.82) is 0 Å². The molecular weight excluding hydrogens is 244 g/mol. The summed E-state index contributed by atoms with van der Waals surface area (Å²) in [4.78, 5) is 27.3. The Balaban J connectivity index is 2.03. The Labute approximate surface area is 112 Å². The molecule has 0 saturated carbocycles. The molecule has 2 amide bonds. The first-order valence-electron chi connectivity index (χ1n) is 6.46. The number of rotatable bonds is 5. The van der Waals surface area contributed by atoms with Crippen LogP contribution in [0, 0.1) is 0 Å². The Morgan fingerprint density at radius 3 is 3.11 bits per heavy atom. The fraction of sp³-hybridized carbons (Fsp3) is 0.462. The molecule has 1 atom stereocenters. The van der Waals surface area contributed by atoms with E-state index in [9.17, 15) is 9.59 Å². The summed E-state index contributed by atoms with van der Waals surface area (Å²) in [5, 5.41) is 8.72. The number of nitrogens with zero attached hydrogens (tertiary/aromatic N) is 1. The molecule has 1 aliphatic heterocycles. The highest BCUT2D eigenvalue weighted by molar-refractivity contribution is 6.00. The zero-order chi connectivity index (χ0) is 13.7. The third-order valence-electron chi connectivity index (χ3n) is 2.94. The molecule has 0 radical (unpaired) electrons. The van der Waals surface area contributed by atoms with Crippen molar-refractivity contribution < 1.29 is 9.59 Å². The first-order chi connectivity index (χ1) is 9.20. The van der Waals surface area contributed by atoms with Gasteiger partial charge < -0.3 is 16.0 Å². The molecule has 6 nitrogen and oxygen atoms in total. The van der Waals surface area contributed by atoms with Crippen LogP contribution >= 0.6 is 0 Å². The number of nitrogens with one attached hydrogen (secondary N) is 3. The van der Waals surface area contributed by atoms with Gasteiger partial charge in [0.15, 0.2) is 0 Å². The third-order valence-corrected chi connectivity index (χ3v) is 2.94. The number of amides is 2. The van der Waals surface area contributed by atoms with Crippen molar-refractivity contribution in [3.8, 4) is 0 Å². The Kier molecular flexibility index (Phi) is 4.33. The maximum absolute atomic E-state index is 12.2. The summed E-state index contributed by atoms with van der Waals surface area (Å²) >= 11 is 0. The Morgan fingerprint density at radius 1 is 1.58 bits per heavy atom. The van der Waals surface area contributed by atoms with Crippen LogP contribution in [0.1, 0.15) is 30.1 Å². The summed E-state index contributed by atoms with van der Waals surface area (Å²) in [6.45, 7) is 3.34. The minimum absolute atomic E-state index is 0.0237. The summed E-state index contributed by atoms with van der Waals surface area (Å²) in [6, 6.07) is 1.55. The molecule has 3 N–H and O–H groups in total. The largest absolute Gasteiger partial charge is 0.383 e. The van der Waals surface area contributed by atoms with Gasteiger partial charge in [-0.05, 0) is 12.5 Å². The lowest BCUT2D eigenvalue weighted by molar-refractivity contribution is -0.119. The van der Waals surface area contributed by atoms with E-state index < -0.39 is 0 Å². The lowest BCUT2D eigenvalue weighted by Gasteiger charge is -2.13. The topological polar surface area (TPSA) is 83.1 Å². The molecule has 1 saturated heterocycles. The molecule has 2 rings (SSSR count). The van der Waals surface area contributed by atoms with Gasteiger partial charge in [0.25, 0.3) is 5.91 Å². The minimum Gasteiger partial charge on any atom is -0.383 e. The molecule has 102 valence electrons. The van der Waals surface area contributed by atoms with E-state index in [2.05, 4.69) is 27.9 Å². The molecule has 1 aromatic heterocycles. The highest BCUT2D eigenvalue weighted by atomic mass is 16.2. The van der Waals surface area contributed by atoms with Crippen molar-refractivity contribution in [3.05, 3.63) is 24.0 Å². The van der Waals surface area contributed by atoms with Crippen LogP contribution < -0.4 is 16.0 Å². The van der Waals surface area contributed by atoms with Crippen LogP contribution in [0.2, 0.25) is 0 Å². The summed E-state index contributed by atoms with van der Waals surface area (Å²) in [5.74, 6) is -0.202. The standard InChI is InChI=1S/C13H18N4O2/c1-2-4-15-11-8-14-5-3-10(11)13(19)17-9-6-12(18)16-7-9/h3,5,8-9,15H,2,4,6-7H2,1H3,(H,16,18)(H,17,19). The van der Waals surface area contributed by atoms with Crippen LogP contribution in [0.25, 0.3) is 0 Å². The summed E-state index contributed by atoms with van der Waals surface area (Å²) in [7, 11) is 0. The van der Waals surface area contributed by atoms with Gasteiger partial charge in [-0.15, -0.1) is 0 Å². The zero-order valence-electron chi connectivity index (χ0n) is 10.9. The molecule has 2 heterocycles. The van der Waals surface area contributed by atoms with E-state index in [0.29, 0.717) is 18.5 Å². The average molecular weight is 262 g/mol. The molecule has 1 fully saturated rings. The first-order valence-corrected chi connectivity index (χ1v) is 6.46. The van der Waals surface area contributed by atoms with E-state index >= 15 is 0 Å². The van der Waals surface area contributed by atoms with E-state index in [1.165, 1.54) is 0 Å². The fourth-order valence-electron chi connectivity index (χ4n) is 1.96. The third kappa shape index (κ3) is 3.43. The monoisotopic (exact) mass is 262 g/mol. The molecule has 6 heteroatoms. The van der Waals surface area contributed by atoms with Crippen molar-refractivity contribution in [1.82, 2.24) is 15.6 Å². The maximum Gasteiger partial charge on any atom is 0.253 e. The number of hydrogen-bond acceptors (Lipinski definition) is 4. The molecule has 0 spiro atoms. The molecule has 0 aliphatic carbocycles. The van der Waals surface area contributed by atoms with Gasteiger partial charge in [0.05, 0.1) is 23.5 Å². The van der Waals surface area contributed by atoms with Crippen LogP contribution in [-0.2, 0) is 4.79 Å².